The third kappa shape index (κ3) is 5.39. The Balaban J connectivity index is 1.80. The van der Waals surface area contributed by atoms with Crippen LogP contribution in [0.5, 0.6) is 11.5 Å². The third-order valence-corrected chi connectivity index (χ3v) is 4.55. The molecule has 0 saturated carbocycles. The van der Waals surface area contributed by atoms with Gasteiger partial charge in [0.05, 0.1) is 18.7 Å². The molecule has 0 aliphatic heterocycles. The van der Waals surface area contributed by atoms with Crippen LogP contribution in [-0.4, -0.2) is 24.8 Å². The maximum atomic E-state index is 12.7. The van der Waals surface area contributed by atoms with Gasteiger partial charge in [0.25, 0.3) is 5.91 Å². The van der Waals surface area contributed by atoms with Crippen LogP contribution >= 0.6 is 0 Å². The smallest absolute Gasteiger partial charge is 0.416 e. The van der Waals surface area contributed by atoms with Gasteiger partial charge in [0.2, 0.25) is 0 Å². The number of hydrogen-bond acceptors (Lipinski definition) is 4. The fourth-order valence-electron chi connectivity index (χ4n) is 2.86. The number of amides is 1. The molecule has 0 spiro atoms. The fraction of sp³-hybridized carbons (Fsp3) is 0.182. The molecule has 3 aromatic carbocycles. The van der Waals surface area contributed by atoms with E-state index in [-0.39, 0.29) is 17.5 Å². The van der Waals surface area contributed by atoms with Crippen LogP contribution in [0.3, 0.4) is 0 Å². The Morgan fingerprint density at radius 3 is 2.47 bits per heavy atom. The molecule has 0 heterocycles. The van der Waals surface area contributed by atoms with E-state index in [4.69, 9.17) is 10.5 Å². The summed E-state index contributed by atoms with van der Waals surface area (Å²) in [6, 6.07) is 14.1. The minimum atomic E-state index is -4.41. The van der Waals surface area contributed by atoms with E-state index in [1.165, 1.54) is 19.2 Å². The quantitative estimate of drug-likeness (QED) is 0.239. The largest absolute Gasteiger partial charge is 0.457 e. The molecule has 32 heavy (non-hydrogen) atoms. The molecule has 3 aromatic rings. The number of hydrogen-bond donors (Lipinski definition) is 2. The molecule has 166 valence electrons. The second-order valence-electron chi connectivity index (χ2n) is 6.83. The maximum absolute atomic E-state index is 12.7. The van der Waals surface area contributed by atoms with Crippen LogP contribution in [-0.2, 0) is 6.18 Å². The average Bonchev–Trinajstić information content (AvgIpc) is 2.77. The number of carbonyl (C=O) groups is 1. The summed E-state index contributed by atoms with van der Waals surface area (Å²) in [5, 5.41) is 14.7. The molecule has 1 unspecified atom stereocenters. The molecule has 0 radical (unpaired) electrons. The zero-order chi connectivity index (χ0) is 23.3. The van der Waals surface area contributed by atoms with E-state index in [9.17, 15) is 18.0 Å². The van der Waals surface area contributed by atoms with Crippen molar-refractivity contribution < 1.29 is 22.7 Å². The van der Waals surface area contributed by atoms with Gasteiger partial charge in [-0.05, 0) is 66.1 Å². The van der Waals surface area contributed by atoms with Crippen LogP contribution in [0, 0.1) is 0 Å². The highest BCUT2D eigenvalue weighted by Gasteiger charge is 2.30. The molecular formula is C22H20F3N5O2. The minimum Gasteiger partial charge on any atom is -0.457 e. The molecule has 0 aromatic heterocycles. The average molecular weight is 443 g/mol. The van der Waals surface area contributed by atoms with Crippen molar-refractivity contribution in [1.82, 2.24) is 5.32 Å². The topological polar surface area (TPSA) is 101 Å². The predicted octanol–water partition coefficient (Wildman–Crippen LogP) is 5.12. The number of nitrogens with zero attached hydrogens (tertiary/aromatic N) is 3. The van der Waals surface area contributed by atoms with Crippen molar-refractivity contribution in [1.29, 1.82) is 0 Å². The summed E-state index contributed by atoms with van der Waals surface area (Å²) in [6.07, 6.45) is -4.41. The molecule has 3 rings (SSSR count). The van der Waals surface area contributed by atoms with Crippen LogP contribution in [0.15, 0.2) is 76.1 Å². The number of nitrogens with two attached hydrogens (primary N) is 1. The Labute approximate surface area is 181 Å². The highest BCUT2D eigenvalue weighted by molar-refractivity contribution is 6.02. The van der Waals surface area contributed by atoms with Crippen LogP contribution < -0.4 is 15.8 Å². The van der Waals surface area contributed by atoms with Crippen molar-refractivity contribution >= 4 is 22.5 Å². The number of ether oxygens (including phenoxy) is 1. The maximum Gasteiger partial charge on any atom is 0.416 e. The Hall–Kier alpha value is -3.95. The number of fused-ring (bicyclic) bond motifs is 1. The first kappa shape index (κ1) is 22.7. The summed E-state index contributed by atoms with van der Waals surface area (Å²) in [5.74, 6) is 0.459. The third-order valence-electron chi connectivity index (χ3n) is 4.55. The van der Waals surface area contributed by atoms with Crippen LogP contribution in [0.1, 0.15) is 22.8 Å². The number of nitrogens with one attached hydrogen (secondary N) is 1. The fourth-order valence-corrected chi connectivity index (χ4v) is 2.86. The van der Waals surface area contributed by atoms with E-state index >= 15 is 0 Å². The van der Waals surface area contributed by atoms with Crippen molar-refractivity contribution in [2.45, 2.75) is 19.1 Å². The summed E-state index contributed by atoms with van der Waals surface area (Å²) in [6.45, 7) is 1.67. The van der Waals surface area contributed by atoms with E-state index in [2.05, 4.69) is 20.8 Å². The highest BCUT2D eigenvalue weighted by Crippen LogP contribution is 2.33. The van der Waals surface area contributed by atoms with Gasteiger partial charge in [0.1, 0.15) is 17.3 Å². The Bertz CT molecular complexity index is 1170. The second-order valence-corrected chi connectivity index (χ2v) is 6.83. The van der Waals surface area contributed by atoms with Gasteiger partial charge < -0.3 is 15.8 Å². The standard InChI is InChI=1S/C22H20F3N5O2/c1-13(20(26)29-30-27-2)28-21(31)15-6-11-18-14(12-15)4-3-5-19(18)32-17-9-7-16(8-10-17)22(23,24)25/h3-13H,1-2H3,(H,28,31)(H2,26,27,29). The lowest BCUT2D eigenvalue weighted by molar-refractivity contribution is -0.137. The number of rotatable bonds is 6. The first-order valence-electron chi connectivity index (χ1n) is 9.50. The van der Waals surface area contributed by atoms with Gasteiger partial charge in [-0.25, -0.2) is 0 Å². The van der Waals surface area contributed by atoms with E-state index in [1.54, 1.807) is 43.3 Å². The van der Waals surface area contributed by atoms with Gasteiger partial charge in [-0.15, -0.1) is 5.10 Å². The van der Waals surface area contributed by atoms with Gasteiger partial charge >= 0.3 is 6.18 Å². The summed E-state index contributed by atoms with van der Waals surface area (Å²) >= 11 is 0. The number of benzene rings is 3. The van der Waals surface area contributed by atoms with E-state index < -0.39 is 17.8 Å². The molecule has 0 saturated heterocycles. The second kappa shape index (κ2) is 9.46. The summed E-state index contributed by atoms with van der Waals surface area (Å²) < 4.78 is 44.0. The Morgan fingerprint density at radius 1 is 1.09 bits per heavy atom. The summed E-state index contributed by atoms with van der Waals surface area (Å²) in [4.78, 5) is 12.6. The molecule has 0 fully saturated rings. The van der Waals surface area contributed by atoms with Gasteiger partial charge in [-0.1, -0.05) is 12.1 Å². The van der Waals surface area contributed by atoms with Gasteiger partial charge in [0, 0.05) is 10.9 Å². The lowest BCUT2D eigenvalue weighted by Gasteiger charge is -2.14. The lowest BCUT2D eigenvalue weighted by atomic mass is 10.1. The monoisotopic (exact) mass is 443 g/mol. The van der Waals surface area contributed by atoms with Crippen LogP contribution in [0.4, 0.5) is 13.2 Å². The molecule has 7 nitrogen and oxygen atoms in total. The molecule has 10 heteroatoms. The predicted molar refractivity (Wildman–Crippen MR) is 115 cm³/mol. The molecule has 0 aliphatic rings. The van der Waals surface area contributed by atoms with Crippen molar-refractivity contribution in [3.05, 3.63) is 71.8 Å². The first-order valence-corrected chi connectivity index (χ1v) is 9.50. The Morgan fingerprint density at radius 2 is 1.81 bits per heavy atom. The van der Waals surface area contributed by atoms with E-state index in [1.807, 2.05) is 0 Å². The van der Waals surface area contributed by atoms with Crippen LogP contribution in [0.2, 0.25) is 0 Å². The lowest BCUT2D eigenvalue weighted by Crippen LogP contribution is -2.42. The van der Waals surface area contributed by atoms with Crippen molar-refractivity contribution in [3.63, 3.8) is 0 Å². The molecule has 0 bridgehead atoms. The molecular weight excluding hydrogens is 423 g/mol. The van der Waals surface area contributed by atoms with Crippen molar-refractivity contribution in [2.24, 2.45) is 21.2 Å². The van der Waals surface area contributed by atoms with Gasteiger partial charge in [-0.3, -0.25) is 4.79 Å². The van der Waals surface area contributed by atoms with Crippen molar-refractivity contribution in [2.75, 3.05) is 7.05 Å². The van der Waals surface area contributed by atoms with E-state index in [0.717, 1.165) is 17.5 Å². The number of carbonyl (C=O) groups excluding carboxylic acids is 1. The van der Waals surface area contributed by atoms with Crippen molar-refractivity contribution in [3.8, 4) is 11.5 Å². The molecule has 3 N–H and O–H groups in total. The highest BCUT2D eigenvalue weighted by atomic mass is 19.4. The minimum absolute atomic E-state index is 0.108. The first-order chi connectivity index (χ1) is 15.2. The molecule has 0 aliphatic carbocycles. The summed E-state index contributed by atoms with van der Waals surface area (Å²) in [7, 11) is 1.45. The zero-order valence-electron chi connectivity index (χ0n) is 17.2. The van der Waals surface area contributed by atoms with Gasteiger partial charge in [0.15, 0.2) is 0 Å². The Kier molecular flexibility index (Phi) is 6.72. The zero-order valence-corrected chi connectivity index (χ0v) is 17.2. The normalized spacial score (nSPS) is 13.3. The summed E-state index contributed by atoms with van der Waals surface area (Å²) in [5.41, 5.74) is 5.39. The number of alkyl halides is 3. The SMILES string of the molecule is CN=N/N=C(\N)C(C)NC(=O)c1ccc2c(Oc3ccc(C(F)(F)F)cc3)cccc2c1. The number of halogens is 3. The number of amidine groups is 1. The van der Waals surface area contributed by atoms with Crippen LogP contribution in [0.25, 0.3) is 10.8 Å². The van der Waals surface area contributed by atoms with Gasteiger partial charge in [-0.2, -0.15) is 18.3 Å². The van der Waals surface area contributed by atoms with E-state index in [0.29, 0.717) is 16.7 Å². The molecule has 1 amide bonds. The molecule has 1 atom stereocenters.